The molecule has 82 valence electrons. The maximum Gasteiger partial charge on any atom is 0.303 e. The lowest BCUT2D eigenvalue weighted by Crippen LogP contribution is -2.23. The minimum atomic E-state index is -0.664. The molecule has 1 rings (SSSR count). The molecule has 3 nitrogen and oxygen atoms in total. The normalized spacial score (nSPS) is 27.5. The molecule has 0 spiro atoms. The molecule has 0 heterocycles. The van der Waals surface area contributed by atoms with E-state index in [0.717, 1.165) is 38.7 Å². The summed E-state index contributed by atoms with van der Waals surface area (Å²) in [5.41, 5.74) is 0. The van der Waals surface area contributed by atoms with Crippen molar-refractivity contribution < 1.29 is 14.6 Å². The summed E-state index contributed by atoms with van der Waals surface area (Å²) in [6, 6.07) is 0. The van der Waals surface area contributed by atoms with E-state index in [2.05, 4.69) is 6.92 Å². The van der Waals surface area contributed by atoms with Gasteiger partial charge in [0, 0.05) is 13.0 Å². The van der Waals surface area contributed by atoms with Crippen LogP contribution in [0.2, 0.25) is 0 Å². The van der Waals surface area contributed by atoms with Crippen LogP contribution >= 0.6 is 0 Å². The summed E-state index contributed by atoms with van der Waals surface area (Å²) in [7, 11) is 0. The third kappa shape index (κ3) is 4.09. The van der Waals surface area contributed by atoms with E-state index in [1.165, 1.54) is 0 Å². The molecular weight excluding hydrogens is 180 g/mol. The molecule has 0 aromatic rings. The molecule has 0 aromatic carbocycles. The highest BCUT2D eigenvalue weighted by molar-refractivity contribution is 5.67. The highest BCUT2D eigenvalue weighted by Gasteiger charge is 2.22. The quantitative estimate of drug-likeness (QED) is 0.741. The molecular formula is C11H20O3. The van der Waals surface area contributed by atoms with Crippen LogP contribution in [0, 0.1) is 5.92 Å². The zero-order valence-corrected chi connectivity index (χ0v) is 8.87. The molecule has 0 atom stereocenters. The van der Waals surface area contributed by atoms with Crippen molar-refractivity contribution in [1.82, 2.24) is 0 Å². The van der Waals surface area contributed by atoms with Gasteiger partial charge in [-0.25, -0.2) is 0 Å². The van der Waals surface area contributed by atoms with Gasteiger partial charge in [0.05, 0.1) is 6.10 Å². The predicted molar refractivity (Wildman–Crippen MR) is 54.2 cm³/mol. The number of hydrogen-bond acceptors (Lipinski definition) is 2. The van der Waals surface area contributed by atoms with Crippen LogP contribution in [-0.2, 0) is 9.53 Å². The van der Waals surface area contributed by atoms with Crippen LogP contribution < -0.4 is 0 Å². The Kier molecular flexibility index (Phi) is 4.94. The fourth-order valence-electron chi connectivity index (χ4n) is 2.03. The van der Waals surface area contributed by atoms with Crippen LogP contribution in [0.4, 0.5) is 0 Å². The maximum atomic E-state index is 10.5. The van der Waals surface area contributed by atoms with Crippen LogP contribution in [0.15, 0.2) is 0 Å². The molecule has 14 heavy (non-hydrogen) atoms. The van der Waals surface area contributed by atoms with E-state index in [4.69, 9.17) is 9.84 Å². The number of carboxylic acids is 1. The van der Waals surface area contributed by atoms with Gasteiger partial charge in [0.2, 0.25) is 0 Å². The van der Waals surface area contributed by atoms with E-state index in [1.807, 2.05) is 0 Å². The van der Waals surface area contributed by atoms with Gasteiger partial charge >= 0.3 is 5.97 Å². The average Bonchev–Trinajstić information content (AvgIpc) is 2.16. The lowest BCUT2D eigenvalue weighted by Gasteiger charge is -2.27. The van der Waals surface area contributed by atoms with Crippen LogP contribution in [0.5, 0.6) is 0 Å². The fraction of sp³-hybridized carbons (Fsp3) is 0.909. The van der Waals surface area contributed by atoms with Gasteiger partial charge in [-0.3, -0.25) is 4.79 Å². The summed E-state index contributed by atoms with van der Waals surface area (Å²) < 4.78 is 5.64. The molecule has 0 aliphatic heterocycles. The first-order valence-electron chi connectivity index (χ1n) is 5.55. The largest absolute Gasteiger partial charge is 0.481 e. The molecule has 1 fully saturated rings. The van der Waals surface area contributed by atoms with Crippen molar-refractivity contribution in [1.29, 1.82) is 0 Å². The third-order valence-electron chi connectivity index (χ3n) is 2.81. The molecule has 1 N–H and O–H groups in total. The number of ether oxygens (including phenoxy) is 1. The Hall–Kier alpha value is -0.570. The second kappa shape index (κ2) is 6.02. The van der Waals surface area contributed by atoms with Gasteiger partial charge in [0.1, 0.15) is 0 Å². The molecule has 0 aromatic heterocycles. The molecule has 0 bridgehead atoms. The summed E-state index contributed by atoms with van der Waals surface area (Å²) in [6.07, 6.45) is 5.90. The van der Waals surface area contributed by atoms with Crippen molar-refractivity contribution in [3.63, 3.8) is 0 Å². The first-order valence-corrected chi connectivity index (χ1v) is 5.55. The number of carbonyl (C=O) groups is 1. The van der Waals surface area contributed by atoms with Crippen LogP contribution in [0.25, 0.3) is 0 Å². The highest BCUT2D eigenvalue weighted by atomic mass is 16.5. The van der Waals surface area contributed by atoms with Crippen molar-refractivity contribution in [3.8, 4) is 0 Å². The SMILES string of the molecule is CCCOC1CCC(CC(=O)O)CC1. The Morgan fingerprint density at radius 2 is 2.00 bits per heavy atom. The Labute approximate surface area is 85.5 Å². The van der Waals surface area contributed by atoms with E-state index >= 15 is 0 Å². The summed E-state index contributed by atoms with van der Waals surface area (Å²) >= 11 is 0. The predicted octanol–water partition coefficient (Wildman–Crippen LogP) is 2.45. The van der Waals surface area contributed by atoms with Crippen LogP contribution in [0.1, 0.15) is 45.4 Å². The van der Waals surface area contributed by atoms with E-state index in [9.17, 15) is 4.79 Å². The van der Waals surface area contributed by atoms with Crippen LogP contribution in [0.3, 0.4) is 0 Å². The van der Waals surface area contributed by atoms with Gasteiger partial charge in [0.15, 0.2) is 0 Å². The smallest absolute Gasteiger partial charge is 0.303 e. The van der Waals surface area contributed by atoms with E-state index in [0.29, 0.717) is 18.4 Å². The van der Waals surface area contributed by atoms with Gasteiger partial charge in [-0.15, -0.1) is 0 Å². The monoisotopic (exact) mass is 200 g/mol. The molecule has 1 saturated carbocycles. The molecule has 1 aliphatic carbocycles. The minimum Gasteiger partial charge on any atom is -0.481 e. The Morgan fingerprint density at radius 3 is 2.50 bits per heavy atom. The summed E-state index contributed by atoms with van der Waals surface area (Å²) in [6.45, 7) is 2.95. The van der Waals surface area contributed by atoms with Crippen LogP contribution in [-0.4, -0.2) is 23.8 Å². The molecule has 3 heteroatoms. The zero-order valence-electron chi connectivity index (χ0n) is 8.87. The maximum absolute atomic E-state index is 10.5. The number of aliphatic carboxylic acids is 1. The fourth-order valence-corrected chi connectivity index (χ4v) is 2.03. The first-order chi connectivity index (χ1) is 6.72. The van der Waals surface area contributed by atoms with Crippen molar-refractivity contribution in [2.24, 2.45) is 5.92 Å². The first kappa shape index (κ1) is 11.5. The topological polar surface area (TPSA) is 46.5 Å². The lowest BCUT2D eigenvalue weighted by molar-refractivity contribution is -0.138. The van der Waals surface area contributed by atoms with Gasteiger partial charge < -0.3 is 9.84 Å². The van der Waals surface area contributed by atoms with Gasteiger partial charge in [0.25, 0.3) is 0 Å². The summed E-state index contributed by atoms with van der Waals surface area (Å²) in [4.78, 5) is 10.5. The Bertz CT molecular complexity index is 171. The third-order valence-corrected chi connectivity index (χ3v) is 2.81. The number of hydrogen-bond donors (Lipinski definition) is 1. The van der Waals surface area contributed by atoms with E-state index < -0.39 is 5.97 Å². The highest BCUT2D eigenvalue weighted by Crippen LogP contribution is 2.28. The molecule has 0 radical (unpaired) electrons. The number of rotatable bonds is 5. The van der Waals surface area contributed by atoms with E-state index in [1.54, 1.807) is 0 Å². The average molecular weight is 200 g/mol. The van der Waals surface area contributed by atoms with Gasteiger partial charge in [-0.05, 0) is 38.0 Å². The Morgan fingerprint density at radius 1 is 1.36 bits per heavy atom. The molecule has 1 aliphatic rings. The minimum absolute atomic E-state index is 0.334. The number of carboxylic acid groups (broad SMARTS) is 1. The lowest BCUT2D eigenvalue weighted by atomic mass is 9.85. The van der Waals surface area contributed by atoms with E-state index in [-0.39, 0.29) is 0 Å². The molecule has 0 unspecified atom stereocenters. The van der Waals surface area contributed by atoms with Crippen molar-refractivity contribution >= 4 is 5.97 Å². The van der Waals surface area contributed by atoms with Gasteiger partial charge in [-0.2, -0.15) is 0 Å². The standard InChI is InChI=1S/C11H20O3/c1-2-7-14-10-5-3-9(4-6-10)8-11(12)13/h9-10H,2-8H2,1H3,(H,12,13). The Balaban J connectivity index is 2.14. The summed E-state index contributed by atoms with van der Waals surface area (Å²) in [5, 5.41) is 8.64. The van der Waals surface area contributed by atoms with Crippen molar-refractivity contribution in [2.75, 3.05) is 6.61 Å². The summed E-state index contributed by atoms with van der Waals surface area (Å²) in [5.74, 6) is -0.281. The van der Waals surface area contributed by atoms with Gasteiger partial charge in [-0.1, -0.05) is 6.92 Å². The van der Waals surface area contributed by atoms with Crippen molar-refractivity contribution in [2.45, 2.75) is 51.6 Å². The molecule has 0 saturated heterocycles. The zero-order chi connectivity index (χ0) is 10.4. The second-order valence-corrected chi connectivity index (χ2v) is 4.11. The molecule has 0 amide bonds. The van der Waals surface area contributed by atoms with Crippen molar-refractivity contribution in [3.05, 3.63) is 0 Å². The second-order valence-electron chi connectivity index (χ2n) is 4.11.